The molecule has 2 fully saturated rings. The minimum atomic E-state index is 0.707. The molecule has 6 heteroatoms. The van der Waals surface area contributed by atoms with Crippen molar-refractivity contribution in [3.63, 3.8) is 0 Å². The number of aromatic nitrogens is 2. The Labute approximate surface area is 252 Å². The Morgan fingerprint density at radius 1 is 0.805 bits per heavy atom. The van der Waals surface area contributed by atoms with Gasteiger partial charge in [0.15, 0.2) is 0 Å². The second kappa shape index (κ2) is 15.6. The quantitative estimate of drug-likeness (QED) is 0.208. The summed E-state index contributed by atoms with van der Waals surface area (Å²) in [4.78, 5) is 14.4. The third kappa shape index (κ3) is 9.72. The molecule has 0 unspecified atom stereocenters. The zero-order valence-electron chi connectivity index (χ0n) is 25.0. The van der Waals surface area contributed by atoms with Crippen LogP contribution in [0.15, 0.2) is 54.6 Å². The second-order valence-corrected chi connectivity index (χ2v) is 12.6. The second-order valence-electron chi connectivity index (χ2n) is 12.2. The molecule has 41 heavy (non-hydrogen) atoms. The molecule has 0 atom stereocenters. The highest BCUT2D eigenvalue weighted by Crippen LogP contribution is 2.28. The Bertz CT molecular complexity index is 1200. The molecule has 1 aliphatic heterocycles. The molecular weight excluding hydrogens is 526 g/mol. The highest BCUT2D eigenvalue weighted by atomic mass is 35.5. The lowest BCUT2D eigenvalue weighted by molar-refractivity contribution is 0.249. The first-order valence-electron chi connectivity index (χ1n) is 16.0. The van der Waals surface area contributed by atoms with Crippen LogP contribution in [0, 0.1) is 12.8 Å². The van der Waals surface area contributed by atoms with Crippen molar-refractivity contribution in [2.45, 2.75) is 90.6 Å². The van der Waals surface area contributed by atoms with E-state index in [-0.39, 0.29) is 0 Å². The Hall–Kier alpha value is -2.63. The molecular formula is C35H48ClN5. The average Bonchev–Trinajstić information content (AvgIpc) is 2.99. The Kier molecular flexibility index (Phi) is 11.3. The van der Waals surface area contributed by atoms with E-state index in [1.807, 2.05) is 12.1 Å². The minimum Gasteiger partial charge on any atom is -0.354 e. The van der Waals surface area contributed by atoms with Crippen molar-refractivity contribution < 1.29 is 0 Å². The summed E-state index contributed by atoms with van der Waals surface area (Å²) in [5.74, 6) is 2.75. The van der Waals surface area contributed by atoms with Crippen LogP contribution in [0.3, 0.4) is 0 Å². The smallest absolute Gasteiger partial charge is 0.225 e. The van der Waals surface area contributed by atoms with Gasteiger partial charge in [-0.05, 0) is 54.5 Å². The highest BCUT2D eigenvalue weighted by Gasteiger charge is 2.19. The molecule has 2 aromatic carbocycles. The van der Waals surface area contributed by atoms with Gasteiger partial charge in [0.1, 0.15) is 5.82 Å². The summed E-state index contributed by atoms with van der Waals surface area (Å²) in [6.45, 7) is 7.64. The first-order valence-corrected chi connectivity index (χ1v) is 16.4. The van der Waals surface area contributed by atoms with Gasteiger partial charge in [-0.15, -0.1) is 0 Å². The summed E-state index contributed by atoms with van der Waals surface area (Å²) in [7, 11) is 0. The number of unbranched alkanes of at least 4 members (excludes halogenated alkanes) is 3. The normalized spacial score (nSPS) is 16.7. The van der Waals surface area contributed by atoms with Crippen molar-refractivity contribution in [2.24, 2.45) is 5.92 Å². The lowest BCUT2D eigenvalue weighted by Gasteiger charge is -2.35. The third-order valence-electron chi connectivity index (χ3n) is 8.86. The van der Waals surface area contributed by atoms with Gasteiger partial charge in [0, 0.05) is 56.1 Å². The molecule has 0 amide bonds. The molecule has 3 aromatic rings. The van der Waals surface area contributed by atoms with Crippen molar-refractivity contribution in [3.05, 3.63) is 82.0 Å². The Morgan fingerprint density at radius 2 is 1.56 bits per heavy atom. The molecule has 0 bridgehead atoms. The van der Waals surface area contributed by atoms with Gasteiger partial charge >= 0.3 is 0 Å². The van der Waals surface area contributed by atoms with Gasteiger partial charge in [0.25, 0.3) is 0 Å². The summed E-state index contributed by atoms with van der Waals surface area (Å²) in [5.41, 5.74) is 4.98. The maximum absolute atomic E-state index is 6.17. The first kappa shape index (κ1) is 29.8. The Morgan fingerprint density at radius 3 is 2.34 bits per heavy atom. The van der Waals surface area contributed by atoms with Crippen LogP contribution in [0.25, 0.3) is 0 Å². The summed E-state index contributed by atoms with van der Waals surface area (Å²) in [5, 5.41) is 4.27. The van der Waals surface area contributed by atoms with Gasteiger partial charge in [-0.1, -0.05) is 106 Å². The highest BCUT2D eigenvalue weighted by molar-refractivity contribution is 6.30. The number of rotatable bonds is 13. The molecule has 1 saturated carbocycles. The number of benzene rings is 2. The molecule has 0 radical (unpaired) electrons. The van der Waals surface area contributed by atoms with E-state index in [9.17, 15) is 0 Å². The molecule has 1 aromatic heterocycles. The zero-order chi connectivity index (χ0) is 28.3. The number of nitrogens with one attached hydrogen (secondary N) is 1. The van der Waals surface area contributed by atoms with E-state index in [2.05, 4.69) is 69.5 Å². The lowest BCUT2D eigenvalue weighted by atomic mass is 9.85. The monoisotopic (exact) mass is 573 g/mol. The number of hydrogen-bond donors (Lipinski definition) is 1. The van der Waals surface area contributed by atoms with Crippen LogP contribution in [0.2, 0.25) is 5.02 Å². The third-order valence-corrected chi connectivity index (χ3v) is 9.09. The molecule has 2 aliphatic rings. The van der Waals surface area contributed by atoms with E-state index >= 15 is 0 Å². The minimum absolute atomic E-state index is 0.707. The van der Waals surface area contributed by atoms with Gasteiger partial charge < -0.3 is 10.2 Å². The molecule has 1 saturated heterocycles. The van der Waals surface area contributed by atoms with E-state index in [0.717, 1.165) is 61.7 Å². The molecule has 2 heterocycles. The molecule has 1 N–H and O–H groups in total. The SMILES string of the molecule is Cc1cc(N2CCN(Cc3cccc(Cl)c3)CC2)nc(NCc2ccc(CCCCCCC3CCCCC3)cc2)n1. The van der Waals surface area contributed by atoms with Crippen molar-refractivity contribution >= 4 is 23.4 Å². The molecule has 1 aliphatic carbocycles. The van der Waals surface area contributed by atoms with Crippen molar-refractivity contribution in [1.29, 1.82) is 0 Å². The van der Waals surface area contributed by atoms with E-state index in [1.165, 1.54) is 87.3 Å². The summed E-state index contributed by atoms with van der Waals surface area (Å²) >= 11 is 6.17. The van der Waals surface area contributed by atoms with Crippen LogP contribution in [-0.4, -0.2) is 41.0 Å². The van der Waals surface area contributed by atoms with Crippen LogP contribution in [0.4, 0.5) is 11.8 Å². The van der Waals surface area contributed by atoms with E-state index < -0.39 is 0 Å². The predicted molar refractivity (Wildman–Crippen MR) is 173 cm³/mol. The van der Waals surface area contributed by atoms with Crippen molar-refractivity contribution in [3.8, 4) is 0 Å². The lowest BCUT2D eigenvalue weighted by Crippen LogP contribution is -2.46. The maximum Gasteiger partial charge on any atom is 0.225 e. The molecule has 0 spiro atoms. The first-order chi connectivity index (χ1) is 20.1. The maximum atomic E-state index is 6.17. The average molecular weight is 574 g/mol. The number of nitrogens with zero attached hydrogens (tertiary/aromatic N) is 4. The number of halogens is 1. The summed E-state index contributed by atoms with van der Waals surface area (Å²) in [6, 6.07) is 19.4. The Balaban J connectivity index is 1.02. The van der Waals surface area contributed by atoms with Crippen molar-refractivity contribution in [2.75, 3.05) is 36.4 Å². The fourth-order valence-electron chi connectivity index (χ4n) is 6.42. The van der Waals surface area contributed by atoms with Gasteiger partial charge in [0.2, 0.25) is 5.95 Å². The standard InChI is InChI=1S/C35H48ClN5/c1-28-24-34(41-22-20-40(21-23-41)27-32-14-9-15-33(36)25-32)39-35(38-28)37-26-31-18-16-30(17-19-31)13-6-3-2-5-10-29-11-7-4-8-12-29/h9,14-19,24-25,29H,2-8,10-13,20-23,26-27H2,1H3,(H,37,38,39). The van der Waals surface area contributed by atoms with Crippen LogP contribution in [0.1, 0.15) is 86.6 Å². The summed E-state index contributed by atoms with van der Waals surface area (Å²) < 4.78 is 0. The van der Waals surface area contributed by atoms with Crippen molar-refractivity contribution in [1.82, 2.24) is 14.9 Å². The number of piperazine rings is 1. The zero-order valence-corrected chi connectivity index (χ0v) is 25.7. The van der Waals surface area contributed by atoms with Crippen LogP contribution in [0.5, 0.6) is 0 Å². The molecule has 5 nitrogen and oxygen atoms in total. The molecule has 220 valence electrons. The predicted octanol–water partition coefficient (Wildman–Crippen LogP) is 8.45. The van der Waals surface area contributed by atoms with E-state index in [0.29, 0.717) is 5.95 Å². The number of anilines is 2. The van der Waals surface area contributed by atoms with Gasteiger partial charge in [-0.3, -0.25) is 4.90 Å². The largest absolute Gasteiger partial charge is 0.354 e. The molecule has 5 rings (SSSR count). The van der Waals surface area contributed by atoms with Gasteiger partial charge in [0.05, 0.1) is 0 Å². The summed E-state index contributed by atoms with van der Waals surface area (Å²) in [6.07, 6.45) is 15.5. The van der Waals surface area contributed by atoms with E-state index in [1.54, 1.807) is 0 Å². The van der Waals surface area contributed by atoms with Crippen LogP contribution < -0.4 is 10.2 Å². The fourth-order valence-corrected chi connectivity index (χ4v) is 6.63. The number of aryl methyl sites for hydroxylation is 2. The van der Waals surface area contributed by atoms with E-state index in [4.69, 9.17) is 16.6 Å². The number of hydrogen-bond acceptors (Lipinski definition) is 5. The van der Waals surface area contributed by atoms with Gasteiger partial charge in [-0.2, -0.15) is 4.98 Å². The van der Waals surface area contributed by atoms with Crippen LogP contribution in [-0.2, 0) is 19.5 Å². The topological polar surface area (TPSA) is 44.3 Å². The fraction of sp³-hybridized carbons (Fsp3) is 0.543. The van der Waals surface area contributed by atoms with Crippen LogP contribution >= 0.6 is 11.6 Å². The van der Waals surface area contributed by atoms with Gasteiger partial charge in [-0.25, -0.2) is 4.98 Å².